The molecule has 0 aliphatic carbocycles. The van der Waals surface area contributed by atoms with E-state index in [-0.39, 0.29) is 31.4 Å². The van der Waals surface area contributed by atoms with Gasteiger partial charge in [-0.25, -0.2) is 4.57 Å². The van der Waals surface area contributed by atoms with Gasteiger partial charge in [0.05, 0.1) is 25.9 Å². The Kier molecular flexibility index (Phi) is 34.1. The number of hydrogen-bond acceptors (Lipinski definition) is 13. The first-order valence-electron chi connectivity index (χ1n) is 20.4. The predicted octanol–water partition coefficient (Wildman–Crippen LogP) is 6.95. The van der Waals surface area contributed by atoms with Crippen LogP contribution in [0.15, 0.2) is 48.6 Å². The topological polar surface area (TPSA) is 232 Å². The molecule has 6 atom stereocenters. The van der Waals surface area contributed by atoms with Crippen LogP contribution in [0.5, 0.6) is 0 Å². The van der Waals surface area contributed by atoms with E-state index in [1.165, 1.54) is 43.9 Å². The van der Waals surface area contributed by atoms with Gasteiger partial charge in [-0.1, -0.05) is 121 Å². The van der Waals surface area contributed by atoms with Gasteiger partial charge in [-0.2, -0.15) is 0 Å². The Morgan fingerprint density at radius 2 is 1.49 bits per heavy atom. The van der Waals surface area contributed by atoms with Crippen LogP contribution >= 0.6 is 19.6 Å². The first-order valence-corrected chi connectivity index (χ1v) is 22.9. The van der Waals surface area contributed by atoms with Crippen LogP contribution in [0.2, 0.25) is 0 Å². The van der Waals surface area contributed by atoms with E-state index in [0.29, 0.717) is 12.3 Å². The zero-order chi connectivity index (χ0) is 42.7. The summed E-state index contributed by atoms with van der Waals surface area (Å²) < 4.78 is 32.7. The molecule has 0 rings (SSSR count). The van der Waals surface area contributed by atoms with Gasteiger partial charge in [0.1, 0.15) is 18.8 Å². The highest BCUT2D eigenvalue weighted by Crippen LogP contribution is 2.43. The average molecular weight is 850 g/mol. The number of aliphatic carboxylic acids is 1. The number of phosphoric ester groups is 1. The van der Waals surface area contributed by atoms with E-state index in [9.17, 15) is 34.1 Å². The molecule has 57 heavy (non-hydrogen) atoms. The van der Waals surface area contributed by atoms with E-state index in [1.54, 1.807) is 18.2 Å². The highest BCUT2D eigenvalue weighted by atomic mass is 32.2. The molecule has 0 saturated heterocycles. The van der Waals surface area contributed by atoms with Gasteiger partial charge in [0, 0.05) is 23.8 Å². The minimum absolute atomic E-state index is 0.0172. The molecule has 0 heterocycles. The SMILES string of the molecule is CCCCC/C=C\C\C=C/C=C/C=C/[C@@H](SC[C@H](N)C(=O)OC[C@H](COP(=O)(O)OC[C@@H](O)CO)OC(=O)CCCCCCCCC(C)C)[C@@H](O)CCCC(=O)O. The standard InChI is InChI=1S/C41H72NO13PS/c1-4-5-6-7-8-9-10-11-12-13-17-20-25-38(37(45)24-22-26-39(46)47)57-32-36(42)41(49)52-30-35(31-54-56(50,51)53-29-34(44)28-43)55-40(48)27-21-18-15-14-16-19-23-33(2)3/h8-9,11-13,17,20,25,33-38,43-45H,4-7,10,14-16,18-19,21-24,26-32,42H2,1-3H3,(H,46,47)(H,50,51)/b9-8-,12-11-,17-13+,25-20+/t34-,35+,36-,37-,38+/m0/s1. The maximum atomic E-state index is 12.9. The molecule has 16 heteroatoms. The van der Waals surface area contributed by atoms with Crippen molar-refractivity contribution in [2.24, 2.45) is 11.7 Å². The summed E-state index contributed by atoms with van der Waals surface area (Å²) in [5.41, 5.74) is 6.13. The van der Waals surface area contributed by atoms with E-state index < -0.39 is 81.8 Å². The molecule has 0 aromatic heterocycles. The van der Waals surface area contributed by atoms with Crippen LogP contribution in [0.3, 0.4) is 0 Å². The van der Waals surface area contributed by atoms with Gasteiger partial charge in [-0.05, 0) is 44.4 Å². The zero-order valence-corrected chi connectivity index (χ0v) is 36.1. The Labute approximate surface area is 345 Å². The molecule has 14 nitrogen and oxygen atoms in total. The molecule has 330 valence electrons. The maximum absolute atomic E-state index is 12.9. The summed E-state index contributed by atoms with van der Waals surface area (Å²) in [6, 6.07) is -1.17. The summed E-state index contributed by atoms with van der Waals surface area (Å²) in [7, 11) is -4.74. The molecule has 0 spiro atoms. The van der Waals surface area contributed by atoms with E-state index in [2.05, 4.69) is 37.4 Å². The summed E-state index contributed by atoms with van der Waals surface area (Å²) >= 11 is 1.19. The lowest BCUT2D eigenvalue weighted by molar-refractivity contribution is -0.161. The number of thioether (sulfide) groups is 1. The molecule has 7 N–H and O–H groups in total. The van der Waals surface area contributed by atoms with Crippen molar-refractivity contribution in [3.63, 3.8) is 0 Å². The fraction of sp³-hybridized carbons (Fsp3) is 0.732. The monoisotopic (exact) mass is 849 g/mol. The lowest BCUT2D eigenvalue weighted by Crippen LogP contribution is -2.38. The number of carboxylic acid groups (broad SMARTS) is 1. The quantitative estimate of drug-likeness (QED) is 0.0122. The predicted molar refractivity (Wildman–Crippen MR) is 224 cm³/mol. The van der Waals surface area contributed by atoms with Gasteiger partial charge in [-0.15, -0.1) is 11.8 Å². The third-order valence-corrected chi connectivity index (χ3v) is 10.8. The number of allylic oxidation sites excluding steroid dienone is 7. The van der Waals surface area contributed by atoms with Crippen LogP contribution in [-0.2, 0) is 37.5 Å². The molecule has 0 amide bonds. The van der Waals surface area contributed by atoms with Crippen molar-refractivity contribution in [3.05, 3.63) is 48.6 Å². The van der Waals surface area contributed by atoms with Crippen LogP contribution in [0.4, 0.5) is 0 Å². The number of nitrogens with two attached hydrogens (primary N) is 1. The maximum Gasteiger partial charge on any atom is 0.472 e. The summed E-state index contributed by atoms with van der Waals surface area (Å²) in [4.78, 5) is 46.6. The van der Waals surface area contributed by atoms with Crippen molar-refractivity contribution < 1.29 is 62.8 Å². The van der Waals surface area contributed by atoms with Crippen LogP contribution in [0.25, 0.3) is 0 Å². The number of unbranched alkanes of at least 4 members (excludes halogenated alkanes) is 8. The van der Waals surface area contributed by atoms with Gasteiger partial charge in [-0.3, -0.25) is 23.4 Å². The van der Waals surface area contributed by atoms with Crippen molar-refractivity contribution in [2.45, 2.75) is 153 Å². The summed E-state index contributed by atoms with van der Waals surface area (Å²) in [5, 5.41) is 37.7. The van der Waals surface area contributed by atoms with Crippen molar-refractivity contribution in [1.82, 2.24) is 0 Å². The number of carbonyl (C=O) groups excluding carboxylic acids is 2. The van der Waals surface area contributed by atoms with Crippen LogP contribution in [0.1, 0.15) is 124 Å². The fourth-order valence-electron chi connectivity index (χ4n) is 5.09. The molecule has 0 fully saturated rings. The highest BCUT2D eigenvalue weighted by molar-refractivity contribution is 8.00. The summed E-state index contributed by atoms with van der Waals surface area (Å²) in [6.45, 7) is 3.93. The van der Waals surface area contributed by atoms with E-state index in [4.69, 9.17) is 29.9 Å². The number of carboxylic acids is 1. The molecule has 0 aliphatic rings. The largest absolute Gasteiger partial charge is 0.481 e. The molecule has 1 unspecified atom stereocenters. The van der Waals surface area contributed by atoms with Crippen molar-refractivity contribution >= 4 is 37.5 Å². The Morgan fingerprint density at radius 1 is 0.807 bits per heavy atom. The first kappa shape index (κ1) is 54.7. The Morgan fingerprint density at radius 3 is 2.18 bits per heavy atom. The molecule has 0 aromatic rings. The molecule has 0 bridgehead atoms. The van der Waals surface area contributed by atoms with Crippen LogP contribution in [0, 0.1) is 5.92 Å². The number of phosphoric acid groups is 1. The fourth-order valence-corrected chi connectivity index (χ4v) is 7.00. The molecule has 0 aromatic carbocycles. The zero-order valence-electron chi connectivity index (χ0n) is 34.4. The second-order valence-electron chi connectivity index (χ2n) is 14.4. The lowest BCUT2D eigenvalue weighted by atomic mass is 10.0. The second-order valence-corrected chi connectivity index (χ2v) is 17.0. The van der Waals surface area contributed by atoms with E-state index in [0.717, 1.165) is 38.5 Å². The summed E-state index contributed by atoms with van der Waals surface area (Å²) in [6.07, 6.45) is 24.6. The number of aliphatic hydroxyl groups excluding tert-OH is 3. The van der Waals surface area contributed by atoms with E-state index >= 15 is 0 Å². The first-order chi connectivity index (χ1) is 27.2. The van der Waals surface area contributed by atoms with Crippen molar-refractivity contribution in [2.75, 3.05) is 32.2 Å². The summed E-state index contributed by atoms with van der Waals surface area (Å²) in [5.74, 6) is -1.75. The van der Waals surface area contributed by atoms with Gasteiger partial charge in [0.15, 0.2) is 6.10 Å². The lowest BCUT2D eigenvalue weighted by Gasteiger charge is -2.22. The molecular weight excluding hydrogens is 777 g/mol. The number of esters is 2. The second kappa shape index (κ2) is 35.6. The number of hydrogen-bond donors (Lipinski definition) is 6. The Hall–Kier alpha value is -2.33. The average Bonchev–Trinajstić information content (AvgIpc) is 3.16. The minimum Gasteiger partial charge on any atom is -0.481 e. The van der Waals surface area contributed by atoms with Crippen LogP contribution in [-0.4, -0.2) is 105 Å². The number of rotatable bonds is 37. The van der Waals surface area contributed by atoms with Gasteiger partial charge in [0.2, 0.25) is 0 Å². The van der Waals surface area contributed by atoms with Gasteiger partial charge >= 0.3 is 25.7 Å². The molecule has 0 radical (unpaired) electrons. The number of carbonyl (C=O) groups is 3. The molecular formula is C41H72NO13PS. The molecule has 0 aliphatic heterocycles. The molecule has 0 saturated carbocycles. The van der Waals surface area contributed by atoms with Crippen molar-refractivity contribution in [1.29, 1.82) is 0 Å². The Bertz CT molecular complexity index is 1230. The minimum atomic E-state index is -4.74. The third kappa shape index (κ3) is 34.3. The highest BCUT2D eigenvalue weighted by Gasteiger charge is 2.28. The van der Waals surface area contributed by atoms with Crippen LogP contribution < -0.4 is 5.73 Å². The third-order valence-electron chi connectivity index (χ3n) is 8.41. The Balaban J connectivity index is 5.31. The smallest absolute Gasteiger partial charge is 0.472 e. The van der Waals surface area contributed by atoms with Gasteiger partial charge < -0.3 is 40.5 Å². The van der Waals surface area contributed by atoms with E-state index in [1.807, 2.05) is 18.2 Å². The normalized spacial score (nSPS) is 16.0. The number of ether oxygens (including phenoxy) is 2. The van der Waals surface area contributed by atoms with Crippen molar-refractivity contribution in [3.8, 4) is 0 Å². The number of aliphatic hydroxyl groups is 3. The van der Waals surface area contributed by atoms with Gasteiger partial charge in [0.25, 0.3) is 0 Å².